The summed E-state index contributed by atoms with van der Waals surface area (Å²) in [4.78, 5) is 17.6. The zero-order valence-electron chi connectivity index (χ0n) is 12.1. The Hall–Kier alpha value is -2.15. The molecular formula is C14H17N5OS. The van der Waals surface area contributed by atoms with Crippen molar-refractivity contribution >= 4 is 22.1 Å². The van der Waals surface area contributed by atoms with Crippen LogP contribution in [0.5, 0.6) is 0 Å². The number of rotatable bonds is 4. The predicted molar refractivity (Wildman–Crippen MR) is 81.3 cm³/mol. The van der Waals surface area contributed by atoms with Crippen LogP contribution in [0, 0.1) is 5.92 Å². The highest BCUT2D eigenvalue weighted by Gasteiger charge is 2.22. The minimum atomic E-state index is -0.0956. The fourth-order valence-corrected chi connectivity index (χ4v) is 3.17. The van der Waals surface area contributed by atoms with E-state index in [0.717, 1.165) is 10.4 Å². The summed E-state index contributed by atoms with van der Waals surface area (Å²) in [6.07, 6.45) is 7.15. The molecule has 6 nitrogen and oxygen atoms in total. The molecule has 3 aromatic heterocycles. The molecule has 0 saturated heterocycles. The van der Waals surface area contributed by atoms with Crippen molar-refractivity contribution in [2.75, 3.05) is 0 Å². The SMILES string of the molecule is CC(C)C(NC(=O)c1csc2cncn12)c1cnn(C)c1. The number of hydrogen-bond acceptors (Lipinski definition) is 4. The lowest BCUT2D eigenvalue weighted by atomic mass is 9.98. The Morgan fingerprint density at radius 2 is 2.19 bits per heavy atom. The molecular weight excluding hydrogens is 286 g/mol. The van der Waals surface area contributed by atoms with E-state index in [0.29, 0.717) is 5.69 Å². The third kappa shape index (κ3) is 2.56. The van der Waals surface area contributed by atoms with Gasteiger partial charge in [-0.15, -0.1) is 11.3 Å². The first-order valence-corrected chi connectivity index (χ1v) is 7.63. The van der Waals surface area contributed by atoms with Gasteiger partial charge in [0.05, 0.1) is 18.4 Å². The average Bonchev–Trinajstić information content (AvgIpc) is 3.10. The van der Waals surface area contributed by atoms with E-state index in [2.05, 4.69) is 29.2 Å². The van der Waals surface area contributed by atoms with E-state index in [-0.39, 0.29) is 17.9 Å². The number of carbonyl (C=O) groups excluding carboxylic acids is 1. The zero-order valence-corrected chi connectivity index (χ0v) is 13.0. The standard InChI is InChI=1S/C14H17N5OS/c1-9(2)13(10-4-16-18(3)6-10)17-14(20)11-7-21-12-5-15-8-19(11)12/h4-9,13H,1-3H3,(H,17,20). The van der Waals surface area contributed by atoms with Gasteiger partial charge in [0.15, 0.2) is 0 Å². The maximum atomic E-state index is 12.5. The van der Waals surface area contributed by atoms with Crippen molar-refractivity contribution in [3.63, 3.8) is 0 Å². The van der Waals surface area contributed by atoms with Gasteiger partial charge >= 0.3 is 0 Å². The van der Waals surface area contributed by atoms with E-state index < -0.39 is 0 Å². The number of amides is 1. The van der Waals surface area contributed by atoms with Gasteiger partial charge in [-0.1, -0.05) is 13.8 Å². The number of nitrogens with zero attached hydrogens (tertiary/aromatic N) is 4. The van der Waals surface area contributed by atoms with Crippen molar-refractivity contribution < 1.29 is 4.79 Å². The number of nitrogens with one attached hydrogen (secondary N) is 1. The number of carbonyl (C=O) groups is 1. The van der Waals surface area contributed by atoms with Crippen molar-refractivity contribution in [2.24, 2.45) is 13.0 Å². The molecule has 0 saturated carbocycles. The summed E-state index contributed by atoms with van der Waals surface area (Å²) >= 11 is 1.51. The molecule has 1 N–H and O–H groups in total. The maximum Gasteiger partial charge on any atom is 0.269 e. The fourth-order valence-electron chi connectivity index (χ4n) is 2.34. The predicted octanol–water partition coefficient (Wildman–Crippen LogP) is 2.26. The maximum absolute atomic E-state index is 12.5. The van der Waals surface area contributed by atoms with Crippen LogP contribution in [0.4, 0.5) is 0 Å². The minimum absolute atomic E-state index is 0.0651. The Morgan fingerprint density at radius 3 is 2.86 bits per heavy atom. The van der Waals surface area contributed by atoms with E-state index in [4.69, 9.17) is 0 Å². The van der Waals surface area contributed by atoms with Gasteiger partial charge < -0.3 is 5.32 Å². The molecule has 21 heavy (non-hydrogen) atoms. The Balaban J connectivity index is 1.86. The summed E-state index contributed by atoms with van der Waals surface area (Å²) < 4.78 is 3.55. The van der Waals surface area contributed by atoms with Gasteiger partial charge in [-0.05, 0) is 5.92 Å². The molecule has 1 atom stereocenters. The van der Waals surface area contributed by atoms with Crippen molar-refractivity contribution in [3.05, 3.63) is 41.6 Å². The summed E-state index contributed by atoms with van der Waals surface area (Å²) in [5, 5.41) is 9.13. The summed E-state index contributed by atoms with van der Waals surface area (Å²) in [6, 6.07) is -0.0651. The summed E-state index contributed by atoms with van der Waals surface area (Å²) in [7, 11) is 1.87. The molecule has 1 amide bonds. The highest BCUT2D eigenvalue weighted by Crippen LogP contribution is 2.22. The Kier molecular flexibility index (Phi) is 3.50. The molecule has 1 unspecified atom stereocenters. The summed E-state index contributed by atoms with van der Waals surface area (Å²) in [5.74, 6) is 0.178. The number of hydrogen-bond donors (Lipinski definition) is 1. The number of imidazole rings is 1. The molecule has 0 radical (unpaired) electrons. The van der Waals surface area contributed by atoms with E-state index in [1.165, 1.54) is 11.3 Å². The van der Waals surface area contributed by atoms with Gasteiger partial charge in [0, 0.05) is 24.2 Å². The topological polar surface area (TPSA) is 64.2 Å². The molecule has 0 aliphatic rings. The van der Waals surface area contributed by atoms with Crippen LogP contribution in [-0.4, -0.2) is 25.1 Å². The molecule has 0 aromatic carbocycles. The van der Waals surface area contributed by atoms with Gasteiger partial charge in [0.2, 0.25) is 0 Å². The molecule has 0 fully saturated rings. The van der Waals surface area contributed by atoms with E-state index in [1.807, 2.05) is 18.6 Å². The van der Waals surface area contributed by atoms with Crippen LogP contribution < -0.4 is 5.32 Å². The quantitative estimate of drug-likeness (QED) is 0.804. The summed E-state index contributed by atoms with van der Waals surface area (Å²) in [6.45, 7) is 4.16. The molecule has 3 rings (SSSR count). The zero-order chi connectivity index (χ0) is 15.0. The Bertz CT molecular complexity index is 769. The van der Waals surface area contributed by atoms with Crippen molar-refractivity contribution in [1.29, 1.82) is 0 Å². The van der Waals surface area contributed by atoms with E-state index in [9.17, 15) is 4.79 Å². The molecule has 3 heterocycles. The van der Waals surface area contributed by atoms with Gasteiger partial charge in [0.1, 0.15) is 16.9 Å². The average molecular weight is 303 g/mol. The molecule has 0 aliphatic heterocycles. The van der Waals surface area contributed by atoms with E-state index >= 15 is 0 Å². The number of thiazole rings is 1. The highest BCUT2D eigenvalue weighted by molar-refractivity contribution is 7.15. The van der Waals surface area contributed by atoms with Crippen molar-refractivity contribution in [2.45, 2.75) is 19.9 Å². The first kappa shape index (κ1) is 13.8. The fraction of sp³-hybridized carbons (Fsp3) is 0.357. The molecule has 7 heteroatoms. The van der Waals surface area contributed by atoms with Gasteiger partial charge in [-0.25, -0.2) is 4.98 Å². The van der Waals surface area contributed by atoms with Crippen LogP contribution >= 0.6 is 11.3 Å². The van der Waals surface area contributed by atoms with E-state index in [1.54, 1.807) is 27.8 Å². The van der Waals surface area contributed by atoms with Gasteiger partial charge in [-0.2, -0.15) is 5.10 Å². The molecule has 3 aromatic rings. The first-order valence-electron chi connectivity index (χ1n) is 6.75. The first-order chi connectivity index (χ1) is 10.1. The largest absolute Gasteiger partial charge is 0.344 e. The van der Waals surface area contributed by atoms with Crippen LogP contribution in [0.3, 0.4) is 0 Å². The van der Waals surface area contributed by atoms with Crippen molar-refractivity contribution in [1.82, 2.24) is 24.5 Å². The second kappa shape index (κ2) is 5.33. The number of fused-ring (bicyclic) bond motifs is 1. The van der Waals surface area contributed by atoms with Crippen LogP contribution in [0.15, 0.2) is 30.3 Å². The van der Waals surface area contributed by atoms with Crippen LogP contribution in [0.1, 0.15) is 35.9 Å². The number of aryl methyl sites for hydroxylation is 1. The van der Waals surface area contributed by atoms with Crippen LogP contribution in [0.2, 0.25) is 0 Å². The second-order valence-electron chi connectivity index (χ2n) is 5.37. The normalized spacial score (nSPS) is 13.0. The Morgan fingerprint density at radius 1 is 1.38 bits per heavy atom. The molecule has 110 valence electrons. The third-order valence-electron chi connectivity index (χ3n) is 3.43. The lowest BCUT2D eigenvalue weighted by Crippen LogP contribution is -2.32. The molecule has 0 bridgehead atoms. The second-order valence-corrected chi connectivity index (χ2v) is 6.25. The number of aromatic nitrogens is 4. The molecule has 0 spiro atoms. The monoisotopic (exact) mass is 303 g/mol. The van der Waals surface area contributed by atoms with Gasteiger partial charge in [-0.3, -0.25) is 13.9 Å². The highest BCUT2D eigenvalue weighted by atomic mass is 32.1. The lowest BCUT2D eigenvalue weighted by Gasteiger charge is -2.21. The molecule has 0 aliphatic carbocycles. The smallest absolute Gasteiger partial charge is 0.269 e. The van der Waals surface area contributed by atoms with Crippen LogP contribution in [0.25, 0.3) is 4.83 Å². The van der Waals surface area contributed by atoms with Crippen molar-refractivity contribution in [3.8, 4) is 0 Å². The summed E-state index contributed by atoms with van der Waals surface area (Å²) in [5.41, 5.74) is 1.62. The van der Waals surface area contributed by atoms with Gasteiger partial charge in [0.25, 0.3) is 5.91 Å². The third-order valence-corrected chi connectivity index (χ3v) is 4.31. The van der Waals surface area contributed by atoms with Crippen LogP contribution in [-0.2, 0) is 7.05 Å². The Labute approximate surface area is 126 Å². The lowest BCUT2D eigenvalue weighted by molar-refractivity contribution is 0.0920. The minimum Gasteiger partial charge on any atom is -0.344 e.